The Kier molecular flexibility index (Phi) is 8.25. The number of sulfonamides is 1. The smallest absolute Gasteiger partial charge is 0.261 e. The maximum Gasteiger partial charge on any atom is 0.261 e. The summed E-state index contributed by atoms with van der Waals surface area (Å²) in [4.78, 5) is 14.5. The molecular formula is C25H28FN3O4S. The number of ether oxygens (including phenoxy) is 1. The molecule has 0 saturated heterocycles. The molecule has 34 heavy (non-hydrogen) atoms. The van der Waals surface area contributed by atoms with E-state index in [9.17, 15) is 17.6 Å². The first-order valence-corrected chi connectivity index (χ1v) is 12.2. The molecule has 0 bridgehead atoms. The minimum Gasteiger partial charge on any atom is -0.494 e. The lowest BCUT2D eigenvalue weighted by molar-refractivity contribution is 0.0942. The number of benzene rings is 3. The van der Waals surface area contributed by atoms with Crippen molar-refractivity contribution < 1.29 is 22.3 Å². The average molecular weight is 486 g/mol. The van der Waals surface area contributed by atoms with Crippen LogP contribution in [-0.2, 0) is 10.0 Å². The summed E-state index contributed by atoms with van der Waals surface area (Å²) in [5.41, 5.74) is 1.46. The second kappa shape index (κ2) is 11.1. The summed E-state index contributed by atoms with van der Waals surface area (Å²) in [6.07, 6.45) is 0. The van der Waals surface area contributed by atoms with Gasteiger partial charge in [-0.3, -0.25) is 9.52 Å². The van der Waals surface area contributed by atoms with Gasteiger partial charge in [0.2, 0.25) is 0 Å². The van der Waals surface area contributed by atoms with Crippen LogP contribution in [0.25, 0.3) is 0 Å². The lowest BCUT2D eigenvalue weighted by atomic mass is 10.1. The van der Waals surface area contributed by atoms with Gasteiger partial charge in [-0.1, -0.05) is 12.1 Å². The monoisotopic (exact) mass is 485 g/mol. The lowest BCUT2D eigenvalue weighted by Crippen LogP contribution is -2.34. The molecule has 3 aromatic rings. The maximum absolute atomic E-state index is 13.6. The third kappa shape index (κ3) is 6.55. The molecule has 0 radical (unpaired) electrons. The zero-order valence-electron chi connectivity index (χ0n) is 19.3. The predicted octanol–water partition coefficient (Wildman–Crippen LogP) is 4.06. The summed E-state index contributed by atoms with van der Waals surface area (Å²) >= 11 is 0. The summed E-state index contributed by atoms with van der Waals surface area (Å²) in [6.45, 7) is 2.64. The fourth-order valence-corrected chi connectivity index (χ4v) is 4.45. The van der Waals surface area contributed by atoms with Crippen LogP contribution in [0.3, 0.4) is 0 Å². The number of nitrogens with zero attached hydrogens (tertiary/aromatic N) is 1. The molecule has 9 heteroatoms. The molecule has 0 aliphatic carbocycles. The number of amides is 1. The van der Waals surface area contributed by atoms with Gasteiger partial charge in [0, 0.05) is 17.8 Å². The first-order chi connectivity index (χ1) is 16.2. The van der Waals surface area contributed by atoms with Crippen LogP contribution >= 0.6 is 0 Å². The topological polar surface area (TPSA) is 87.7 Å². The van der Waals surface area contributed by atoms with Crippen molar-refractivity contribution in [1.29, 1.82) is 0 Å². The highest BCUT2D eigenvalue weighted by Crippen LogP contribution is 2.21. The fourth-order valence-electron chi connectivity index (χ4n) is 3.39. The Labute approximate surface area is 199 Å². The molecule has 0 heterocycles. The largest absolute Gasteiger partial charge is 0.494 e. The molecule has 1 amide bonds. The van der Waals surface area contributed by atoms with Crippen molar-refractivity contribution in [2.24, 2.45) is 0 Å². The van der Waals surface area contributed by atoms with Crippen LogP contribution in [0.1, 0.15) is 28.9 Å². The van der Waals surface area contributed by atoms with E-state index in [2.05, 4.69) is 10.0 Å². The van der Waals surface area contributed by atoms with Crippen molar-refractivity contribution in [3.05, 3.63) is 89.7 Å². The SMILES string of the molecule is CCOc1ccc(NS(=O)(=O)c2ccc(C(=O)NC[C@H](c3cccc(F)c3)N(C)C)cc2)cc1. The minimum absolute atomic E-state index is 0.0314. The molecule has 0 aliphatic rings. The van der Waals surface area contributed by atoms with Gasteiger partial charge in [0.05, 0.1) is 17.5 Å². The number of hydrogen-bond donors (Lipinski definition) is 2. The quantitative estimate of drug-likeness (QED) is 0.452. The van der Waals surface area contributed by atoms with E-state index in [-0.39, 0.29) is 29.2 Å². The maximum atomic E-state index is 13.6. The molecule has 0 unspecified atom stereocenters. The van der Waals surface area contributed by atoms with Crippen molar-refractivity contribution in [3.63, 3.8) is 0 Å². The van der Waals surface area contributed by atoms with Crippen LogP contribution in [0.5, 0.6) is 5.75 Å². The number of carbonyl (C=O) groups excluding carboxylic acids is 1. The van der Waals surface area contributed by atoms with Crippen molar-refractivity contribution in [2.45, 2.75) is 17.9 Å². The number of hydrogen-bond acceptors (Lipinski definition) is 5. The van der Waals surface area contributed by atoms with Gasteiger partial charge < -0.3 is 15.0 Å². The molecule has 0 saturated carbocycles. The van der Waals surface area contributed by atoms with Crippen LogP contribution in [0.2, 0.25) is 0 Å². The first kappa shape index (κ1) is 25.2. The first-order valence-electron chi connectivity index (χ1n) is 10.8. The minimum atomic E-state index is -3.82. The molecule has 0 spiro atoms. The molecular weight excluding hydrogens is 457 g/mol. The average Bonchev–Trinajstić information content (AvgIpc) is 2.80. The van der Waals surface area contributed by atoms with Crippen LogP contribution < -0.4 is 14.8 Å². The Balaban J connectivity index is 1.65. The Morgan fingerprint density at radius 2 is 1.71 bits per heavy atom. The summed E-state index contributed by atoms with van der Waals surface area (Å²) < 4.78 is 46.8. The highest BCUT2D eigenvalue weighted by atomic mass is 32.2. The van der Waals surface area contributed by atoms with Crippen molar-refractivity contribution in [3.8, 4) is 5.75 Å². The fraction of sp³-hybridized carbons (Fsp3) is 0.240. The van der Waals surface area contributed by atoms with E-state index in [0.717, 1.165) is 5.56 Å². The summed E-state index contributed by atoms with van der Waals surface area (Å²) in [7, 11) is -0.131. The van der Waals surface area contributed by atoms with Gasteiger partial charge in [0.1, 0.15) is 11.6 Å². The van der Waals surface area contributed by atoms with E-state index in [0.29, 0.717) is 23.6 Å². The number of nitrogens with one attached hydrogen (secondary N) is 2. The highest BCUT2D eigenvalue weighted by Gasteiger charge is 2.18. The van der Waals surface area contributed by atoms with E-state index in [1.807, 2.05) is 25.9 Å². The third-order valence-corrected chi connectivity index (χ3v) is 6.55. The van der Waals surface area contributed by atoms with Crippen molar-refractivity contribution in [1.82, 2.24) is 10.2 Å². The molecule has 3 rings (SSSR count). The number of rotatable bonds is 10. The highest BCUT2D eigenvalue weighted by molar-refractivity contribution is 7.92. The molecule has 3 aromatic carbocycles. The second-order valence-electron chi connectivity index (χ2n) is 7.83. The Hall–Kier alpha value is -3.43. The summed E-state index contributed by atoms with van der Waals surface area (Å²) in [6, 6.07) is 18.3. The molecule has 0 aromatic heterocycles. The molecule has 0 fully saturated rings. The second-order valence-corrected chi connectivity index (χ2v) is 9.51. The van der Waals surface area contributed by atoms with Gasteiger partial charge in [0.25, 0.3) is 15.9 Å². The Morgan fingerprint density at radius 1 is 1.03 bits per heavy atom. The molecule has 0 aliphatic heterocycles. The molecule has 1 atom stereocenters. The van der Waals surface area contributed by atoms with Gasteiger partial charge in [-0.15, -0.1) is 0 Å². The van der Waals surface area contributed by atoms with Crippen LogP contribution in [0.4, 0.5) is 10.1 Å². The number of anilines is 1. The Morgan fingerprint density at radius 3 is 2.29 bits per heavy atom. The van der Waals surface area contributed by atoms with Crippen LogP contribution in [-0.4, -0.2) is 46.5 Å². The van der Waals surface area contributed by atoms with E-state index < -0.39 is 10.0 Å². The van der Waals surface area contributed by atoms with E-state index in [1.165, 1.54) is 36.4 Å². The molecule has 180 valence electrons. The number of carbonyl (C=O) groups is 1. The van der Waals surface area contributed by atoms with E-state index >= 15 is 0 Å². The Bertz CT molecular complexity index is 1210. The van der Waals surface area contributed by atoms with Crippen LogP contribution in [0.15, 0.2) is 77.7 Å². The van der Waals surface area contributed by atoms with Gasteiger partial charge >= 0.3 is 0 Å². The zero-order valence-corrected chi connectivity index (χ0v) is 20.1. The van der Waals surface area contributed by atoms with Gasteiger partial charge in [-0.25, -0.2) is 12.8 Å². The third-order valence-electron chi connectivity index (χ3n) is 5.16. The van der Waals surface area contributed by atoms with E-state index in [4.69, 9.17) is 4.74 Å². The normalized spacial score (nSPS) is 12.3. The van der Waals surface area contributed by atoms with Gasteiger partial charge in [-0.05, 0) is 87.2 Å². The van der Waals surface area contributed by atoms with Crippen molar-refractivity contribution in [2.75, 3.05) is 32.0 Å². The number of halogens is 1. The molecule has 2 N–H and O–H groups in total. The summed E-state index contributed by atoms with van der Waals surface area (Å²) in [5.74, 6) is -0.0484. The van der Waals surface area contributed by atoms with Crippen LogP contribution in [0, 0.1) is 5.82 Å². The van der Waals surface area contributed by atoms with Crippen molar-refractivity contribution >= 4 is 21.6 Å². The predicted molar refractivity (Wildman–Crippen MR) is 130 cm³/mol. The number of likely N-dealkylation sites (N-methyl/N-ethyl adjacent to an activating group) is 1. The zero-order chi connectivity index (χ0) is 24.7. The van der Waals surface area contributed by atoms with Gasteiger partial charge in [-0.2, -0.15) is 0 Å². The van der Waals surface area contributed by atoms with E-state index in [1.54, 1.807) is 36.4 Å². The van der Waals surface area contributed by atoms with Gasteiger partial charge in [0.15, 0.2) is 0 Å². The lowest BCUT2D eigenvalue weighted by Gasteiger charge is -2.25. The summed E-state index contributed by atoms with van der Waals surface area (Å²) in [5, 5.41) is 2.83. The standard InChI is InChI=1S/C25H28FN3O4S/c1-4-33-22-12-10-21(11-13-22)28-34(31,32)23-14-8-18(9-15-23)25(30)27-17-24(29(2)3)19-6-5-7-20(26)16-19/h5-16,24,28H,4,17H2,1-3H3,(H,27,30)/t24-/m1/s1. The molecule has 7 nitrogen and oxygen atoms in total.